The Bertz CT molecular complexity index is 1500. The van der Waals surface area contributed by atoms with Gasteiger partial charge in [-0.15, -0.1) is 0 Å². The average molecular weight is 431 g/mol. The first-order valence-corrected chi connectivity index (χ1v) is 10.7. The summed E-state index contributed by atoms with van der Waals surface area (Å²) >= 11 is 0. The van der Waals surface area contributed by atoms with Crippen LogP contribution < -0.4 is 5.73 Å². The lowest BCUT2D eigenvalue weighted by Gasteiger charge is -2.09. The molecule has 5 nitrogen and oxygen atoms in total. The van der Waals surface area contributed by atoms with Crippen LogP contribution in [0.15, 0.2) is 89.9 Å². The number of nitrogens with zero attached hydrogens (tertiary/aromatic N) is 3. The van der Waals surface area contributed by atoms with E-state index in [1.165, 1.54) is 0 Å². The molecule has 0 fully saturated rings. The number of nitrogens with two attached hydrogens (primary N) is 1. The number of benzene rings is 3. The smallest absolute Gasteiger partial charge is 0.167 e. The number of furan rings is 1. The number of nitrogen functional groups attached to an aromatic ring is 1. The van der Waals surface area contributed by atoms with Crippen LogP contribution in [0, 0.1) is 0 Å². The molecule has 160 valence electrons. The lowest BCUT2D eigenvalue weighted by Crippen LogP contribution is -2.00. The summed E-state index contributed by atoms with van der Waals surface area (Å²) in [5.74, 6) is 2.41. The standard InChI is InChI=1S/C28H22N4O/c1-3-10-24-21(4-2)22-15-9-16-23(25(22)33-24)28-31-26(18-11-6-5-7-12-18)30-27(32-28)19-13-8-14-20(29)17-19/h3-17H,2,29H2,1H3/b10-3-. The maximum Gasteiger partial charge on any atom is 0.167 e. The molecule has 2 N–H and O–H groups in total. The second-order valence-corrected chi connectivity index (χ2v) is 7.56. The molecular formula is C28H22N4O. The van der Waals surface area contributed by atoms with Crippen molar-refractivity contribution in [3.63, 3.8) is 0 Å². The quantitative estimate of drug-likeness (QED) is 0.308. The molecule has 2 heterocycles. The summed E-state index contributed by atoms with van der Waals surface area (Å²) in [6, 6.07) is 23.4. The van der Waals surface area contributed by atoms with Crippen molar-refractivity contribution in [2.24, 2.45) is 0 Å². The number of hydrogen-bond donors (Lipinski definition) is 1. The molecule has 5 rings (SSSR count). The van der Waals surface area contributed by atoms with Gasteiger partial charge in [-0.25, -0.2) is 15.0 Å². The van der Waals surface area contributed by atoms with Crippen LogP contribution in [-0.4, -0.2) is 15.0 Å². The number of fused-ring (bicyclic) bond motifs is 1. The van der Waals surface area contributed by atoms with E-state index in [0.29, 0.717) is 28.7 Å². The van der Waals surface area contributed by atoms with Crippen LogP contribution in [0.5, 0.6) is 0 Å². The number of anilines is 1. The van der Waals surface area contributed by atoms with Crippen molar-refractivity contribution < 1.29 is 4.42 Å². The van der Waals surface area contributed by atoms with Crippen molar-refractivity contribution >= 4 is 28.8 Å². The molecule has 5 heteroatoms. The zero-order chi connectivity index (χ0) is 22.8. The van der Waals surface area contributed by atoms with Crippen LogP contribution in [-0.2, 0) is 0 Å². The summed E-state index contributed by atoms with van der Waals surface area (Å²) in [5.41, 5.74) is 10.8. The first-order valence-electron chi connectivity index (χ1n) is 10.7. The molecule has 0 aliphatic carbocycles. The topological polar surface area (TPSA) is 77.8 Å². The van der Waals surface area contributed by atoms with Gasteiger partial charge in [-0.1, -0.05) is 73.3 Å². The Balaban J connectivity index is 1.78. The zero-order valence-electron chi connectivity index (χ0n) is 18.2. The van der Waals surface area contributed by atoms with Crippen LogP contribution in [0.4, 0.5) is 5.69 Å². The lowest BCUT2D eigenvalue weighted by atomic mass is 10.1. The number of allylic oxidation sites excluding steroid dienone is 1. The van der Waals surface area contributed by atoms with E-state index in [1.54, 1.807) is 0 Å². The van der Waals surface area contributed by atoms with Crippen molar-refractivity contribution in [2.75, 3.05) is 5.73 Å². The van der Waals surface area contributed by atoms with E-state index in [2.05, 4.69) is 6.58 Å². The van der Waals surface area contributed by atoms with Gasteiger partial charge in [-0.2, -0.15) is 0 Å². The van der Waals surface area contributed by atoms with E-state index in [9.17, 15) is 0 Å². The number of aromatic nitrogens is 3. The Labute approximate surface area is 192 Å². The van der Waals surface area contributed by atoms with Crippen molar-refractivity contribution in [2.45, 2.75) is 6.92 Å². The molecule has 0 saturated carbocycles. The predicted octanol–water partition coefficient (Wildman–Crippen LogP) is 6.88. The van der Waals surface area contributed by atoms with E-state index in [-0.39, 0.29) is 0 Å². The number of para-hydroxylation sites is 1. The first-order chi connectivity index (χ1) is 16.2. The van der Waals surface area contributed by atoms with Crippen LogP contribution in [0.3, 0.4) is 0 Å². The molecule has 0 aliphatic rings. The molecule has 0 aliphatic heterocycles. The average Bonchev–Trinajstić information content (AvgIpc) is 3.21. The Morgan fingerprint density at radius 3 is 2.24 bits per heavy atom. The summed E-state index contributed by atoms with van der Waals surface area (Å²) in [5, 5.41) is 0.961. The first kappa shape index (κ1) is 20.4. The van der Waals surface area contributed by atoms with Crippen molar-refractivity contribution in [3.05, 3.63) is 96.8 Å². The minimum Gasteiger partial charge on any atom is -0.455 e. The van der Waals surface area contributed by atoms with Gasteiger partial charge < -0.3 is 10.2 Å². The van der Waals surface area contributed by atoms with Crippen LogP contribution in [0.1, 0.15) is 18.2 Å². The summed E-state index contributed by atoms with van der Waals surface area (Å²) in [4.78, 5) is 14.4. The third kappa shape index (κ3) is 3.81. The molecule has 0 radical (unpaired) electrons. The Kier molecular flexibility index (Phi) is 5.29. The van der Waals surface area contributed by atoms with Gasteiger partial charge in [0.2, 0.25) is 0 Å². The molecule has 3 aromatic carbocycles. The van der Waals surface area contributed by atoms with Gasteiger partial charge in [-0.3, -0.25) is 0 Å². The molecule has 0 amide bonds. The van der Waals surface area contributed by atoms with Gasteiger partial charge in [0, 0.05) is 27.8 Å². The number of hydrogen-bond acceptors (Lipinski definition) is 5. The van der Waals surface area contributed by atoms with Crippen molar-refractivity contribution in [1.82, 2.24) is 15.0 Å². The molecule has 2 aromatic heterocycles. The molecule has 0 unspecified atom stereocenters. The highest BCUT2D eigenvalue weighted by Gasteiger charge is 2.18. The maximum atomic E-state index is 6.25. The predicted molar refractivity (Wildman–Crippen MR) is 135 cm³/mol. The van der Waals surface area contributed by atoms with Gasteiger partial charge in [0.05, 0.1) is 5.56 Å². The van der Waals surface area contributed by atoms with E-state index < -0.39 is 0 Å². The Morgan fingerprint density at radius 1 is 0.818 bits per heavy atom. The molecule has 0 spiro atoms. The lowest BCUT2D eigenvalue weighted by molar-refractivity contribution is 0.604. The molecule has 0 atom stereocenters. The van der Waals surface area contributed by atoms with Gasteiger partial charge in [0.1, 0.15) is 11.3 Å². The third-order valence-electron chi connectivity index (χ3n) is 5.36. The fraction of sp³-hybridized carbons (Fsp3) is 0.0357. The SMILES string of the molecule is C=Cc1c(/C=C\C)oc2c(-c3nc(-c4ccccc4)nc(-c4cccc(N)c4)n3)cccc12. The molecule has 5 aromatic rings. The molecule has 0 bridgehead atoms. The van der Waals surface area contributed by atoms with Gasteiger partial charge in [0.15, 0.2) is 17.5 Å². The van der Waals surface area contributed by atoms with E-state index in [0.717, 1.165) is 33.4 Å². The summed E-state index contributed by atoms with van der Waals surface area (Å²) in [7, 11) is 0. The Hall–Kier alpha value is -4.51. The van der Waals surface area contributed by atoms with Crippen molar-refractivity contribution in [3.8, 4) is 34.2 Å². The Morgan fingerprint density at radius 2 is 1.52 bits per heavy atom. The van der Waals surface area contributed by atoms with Gasteiger partial charge >= 0.3 is 0 Å². The fourth-order valence-electron chi connectivity index (χ4n) is 3.84. The summed E-state index contributed by atoms with van der Waals surface area (Å²) in [6.45, 7) is 5.92. The van der Waals surface area contributed by atoms with E-state index >= 15 is 0 Å². The minimum atomic E-state index is 0.531. The molecule has 33 heavy (non-hydrogen) atoms. The van der Waals surface area contributed by atoms with E-state index in [1.807, 2.05) is 97.9 Å². The van der Waals surface area contributed by atoms with Crippen LogP contribution in [0.2, 0.25) is 0 Å². The monoisotopic (exact) mass is 430 g/mol. The van der Waals surface area contributed by atoms with Gasteiger partial charge in [-0.05, 0) is 31.2 Å². The second-order valence-electron chi connectivity index (χ2n) is 7.56. The summed E-state index contributed by atoms with van der Waals surface area (Å²) < 4.78 is 6.25. The highest BCUT2D eigenvalue weighted by atomic mass is 16.3. The van der Waals surface area contributed by atoms with Crippen molar-refractivity contribution in [1.29, 1.82) is 0 Å². The molecular weight excluding hydrogens is 408 g/mol. The van der Waals surface area contributed by atoms with Crippen LogP contribution >= 0.6 is 0 Å². The third-order valence-corrected chi connectivity index (χ3v) is 5.36. The zero-order valence-corrected chi connectivity index (χ0v) is 18.2. The largest absolute Gasteiger partial charge is 0.455 e. The molecule has 0 saturated heterocycles. The highest BCUT2D eigenvalue weighted by Crippen LogP contribution is 2.35. The van der Waals surface area contributed by atoms with E-state index in [4.69, 9.17) is 25.1 Å². The van der Waals surface area contributed by atoms with Gasteiger partial charge in [0.25, 0.3) is 0 Å². The summed E-state index contributed by atoms with van der Waals surface area (Å²) in [6.07, 6.45) is 5.69. The normalized spacial score (nSPS) is 11.3. The number of rotatable bonds is 5. The van der Waals surface area contributed by atoms with Crippen LogP contribution in [0.25, 0.3) is 57.3 Å². The minimum absolute atomic E-state index is 0.531. The highest BCUT2D eigenvalue weighted by molar-refractivity contribution is 5.98. The second kappa shape index (κ2) is 8.55. The maximum absolute atomic E-state index is 6.25. The fourth-order valence-corrected chi connectivity index (χ4v) is 3.84.